The molecule has 0 atom stereocenters. The molecule has 2 nitrogen and oxygen atoms in total. The average Bonchev–Trinajstić information content (AvgIpc) is 3.72. The fourth-order valence-electron chi connectivity index (χ4n) is 9.73. The zero-order valence-electron chi connectivity index (χ0n) is 28.8. The minimum absolute atomic E-state index is 0.518. The van der Waals surface area contributed by atoms with Crippen molar-refractivity contribution in [2.45, 2.75) is 5.41 Å². The van der Waals surface area contributed by atoms with Crippen molar-refractivity contribution in [3.63, 3.8) is 0 Å². The maximum Gasteiger partial charge on any atom is 0.132 e. The van der Waals surface area contributed by atoms with Crippen molar-refractivity contribution in [1.82, 2.24) is 4.57 Å². The van der Waals surface area contributed by atoms with Crippen molar-refractivity contribution in [3.8, 4) is 39.4 Å². The van der Waals surface area contributed by atoms with Crippen molar-refractivity contribution in [2.24, 2.45) is 0 Å². The Morgan fingerprint density at radius 1 is 0.358 bits per heavy atom. The quantitative estimate of drug-likeness (QED) is 0.178. The Hall–Kier alpha value is -6.90. The van der Waals surface area contributed by atoms with Gasteiger partial charge in [0.25, 0.3) is 0 Å². The standard InChI is InChI=1S/C51H31NO/c1-2-15-34(16-3-1)52-49-35-17-5-4-14-32(35)26-28-40(49)42-31-41(36-18-6-7-21-39(36)50(42)52)33-27-29-48-46(30-33)51(45-24-12-13-25-47(45)53-48)43-22-10-8-19-37(43)38-20-9-11-23-44(38)51/h1-31H. The number of rotatable bonds is 2. The third kappa shape index (κ3) is 3.72. The van der Waals surface area contributed by atoms with E-state index in [-0.39, 0.29) is 0 Å². The number of aromatic nitrogens is 1. The summed E-state index contributed by atoms with van der Waals surface area (Å²) < 4.78 is 9.27. The van der Waals surface area contributed by atoms with Crippen LogP contribution in [0.2, 0.25) is 0 Å². The lowest BCUT2D eigenvalue weighted by Gasteiger charge is -2.39. The Morgan fingerprint density at radius 2 is 0.943 bits per heavy atom. The third-order valence-corrected chi connectivity index (χ3v) is 11.8. The molecule has 0 bridgehead atoms. The van der Waals surface area contributed by atoms with Crippen LogP contribution in [0, 0.1) is 0 Å². The van der Waals surface area contributed by atoms with Gasteiger partial charge in [-0.1, -0.05) is 152 Å². The molecule has 1 aromatic heterocycles. The average molecular weight is 674 g/mol. The second-order valence-electron chi connectivity index (χ2n) is 14.4. The van der Waals surface area contributed by atoms with Gasteiger partial charge in [-0.25, -0.2) is 0 Å². The van der Waals surface area contributed by atoms with Crippen LogP contribution in [0.4, 0.5) is 0 Å². The maximum atomic E-state index is 6.79. The van der Waals surface area contributed by atoms with Crippen LogP contribution in [0.15, 0.2) is 188 Å². The van der Waals surface area contributed by atoms with Crippen LogP contribution in [0.25, 0.3) is 71.3 Å². The number of para-hydroxylation sites is 2. The summed E-state index contributed by atoms with van der Waals surface area (Å²) in [7, 11) is 0. The summed E-state index contributed by atoms with van der Waals surface area (Å²) in [6.07, 6.45) is 0. The fourth-order valence-corrected chi connectivity index (χ4v) is 9.73. The SMILES string of the molecule is c1ccc(-n2c3c4ccccc4ccc3c3cc(-c4ccc5c(c4)C4(c6ccccc6O5)c5ccccc5-c5ccccc54)c4ccccc4c32)cc1. The van der Waals surface area contributed by atoms with Crippen LogP contribution in [0.1, 0.15) is 22.3 Å². The highest BCUT2D eigenvalue weighted by Crippen LogP contribution is 2.62. The van der Waals surface area contributed by atoms with E-state index in [1.807, 2.05) is 0 Å². The topological polar surface area (TPSA) is 14.2 Å². The molecule has 9 aromatic carbocycles. The van der Waals surface area contributed by atoms with Crippen LogP contribution in [-0.4, -0.2) is 4.57 Å². The zero-order valence-corrected chi connectivity index (χ0v) is 28.8. The molecule has 0 N–H and O–H groups in total. The monoisotopic (exact) mass is 673 g/mol. The molecule has 0 saturated carbocycles. The van der Waals surface area contributed by atoms with Gasteiger partial charge in [-0.3, -0.25) is 0 Å². The van der Waals surface area contributed by atoms with E-state index in [4.69, 9.17) is 4.74 Å². The van der Waals surface area contributed by atoms with Gasteiger partial charge in [0.05, 0.1) is 16.4 Å². The molecule has 2 heterocycles. The third-order valence-electron chi connectivity index (χ3n) is 11.8. The summed E-state index contributed by atoms with van der Waals surface area (Å²) in [6.45, 7) is 0. The van der Waals surface area contributed by atoms with E-state index in [1.54, 1.807) is 0 Å². The molecule has 53 heavy (non-hydrogen) atoms. The van der Waals surface area contributed by atoms with Gasteiger partial charge in [0.1, 0.15) is 11.5 Å². The Labute approximate surface area is 306 Å². The fraction of sp³-hybridized carbons (Fsp3) is 0.0196. The van der Waals surface area contributed by atoms with Gasteiger partial charge in [0.15, 0.2) is 0 Å². The first-order chi connectivity index (χ1) is 26.3. The molecule has 2 heteroatoms. The number of nitrogens with zero attached hydrogens (tertiary/aromatic N) is 1. The van der Waals surface area contributed by atoms with Gasteiger partial charge in [-0.05, 0) is 80.6 Å². The van der Waals surface area contributed by atoms with Crippen LogP contribution >= 0.6 is 0 Å². The van der Waals surface area contributed by atoms with Crippen LogP contribution < -0.4 is 4.74 Å². The molecular weight excluding hydrogens is 643 g/mol. The Bertz CT molecular complexity index is 3100. The first-order valence-electron chi connectivity index (χ1n) is 18.4. The molecule has 0 fully saturated rings. The summed E-state index contributed by atoms with van der Waals surface area (Å²) in [4.78, 5) is 0. The van der Waals surface area contributed by atoms with Gasteiger partial charge in [-0.15, -0.1) is 0 Å². The highest BCUT2D eigenvalue weighted by atomic mass is 16.5. The molecule has 0 amide bonds. The molecule has 0 unspecified atom stereocenters. The molecule has 246 valence electrons. The van der Waals surface area contributed by atoms with Crippen molar-refractivity contribution in [1.29, 1.82) is 0 Å². The zero-order chi connectivity index (χ0) is 34.7. The van der Waals surface area contributed by atoms with Crippen molar-refractivity contribution in [2.75, 3.05) is 0 Å². The van der Waals surface area contributed by atoms with Crippen LogP contribution in [0.5, 0.6) is 11.5 Å². The predicted molar refractivity (Wildman–Crippen MR) is 219 cm³/mol. The first kappa shape index (κ1) is 28.8. The van der Waals surface area contributed by atoms with Crippen molar-refractivity contribution in [3.05, 3.63) is 210 Å². The Kier molecular flexibility index (Phi) is 5.73. The number of hydrogen-bond acceptors (Lipinski definition) is 1. The second kappa shape index (κ2) is 10.6. The maximum absolute atomic E-state index is 6.79. The van der Waals surface area contributed by atoms with Gasteiger partial charge in [-0.2, -0.15) is 0 Å². The van der Waals surface area contributed by atoms with Crippen molar-refractivity contribution >= 4 is 43.4 Å². The number of ether oxygens (including phenoxy) is 1. The minimum Gasteiger partial charge on any atom is -0.457 e. The molecule has 1 spiro atoms. The molecule has 10 aromatic rings. The lowest BCUT2D eigenvalue weighted by Crippen LogP contribution is -2.32. The summed E-state index contributed by atoms with van der Waals surface area (Å²) in [6, 6.07) is 68.9. The molecule has 0 saturated heterocycles. The molecular formula is C51H31NO. The smallest absolute Gasteiger partial charge is 0.132 e. The minimum atomic E-state index is -0.518. The van der Waals surface area contributed by atoms with Crippen molar-refractivity contribution < 1.29 is 4.74 Å². The van der Waals surface area contributed by atoms with Crippen LogP contribution in [-0.2, 0) is 5.41 Å². The van der Waals surface area contributed by atoms with E-state index in [9.17, 15) is 0 Å². The van der Waals surface area contributed by atoms with E-state index in [0.717, 1.165) is 17.2 Å². The van der Waals surface area contributed by atoms with E-state index in [0.29, 0.717) is 0 Å². The van der Waals surface area contributed by atoms with E-state index >= 15 is 0 Å². The number of benzene rings is 9. The summed E-state index contributed by atoms with van der Waals surface area (Å²) in [5.41, 5.74) is 13.0. The summed E-state index contributed by atoms with van der Waals surface area (Å²) in [5, 5.41) is 7.44. The first-order valence-corrected chi connectivity index (χ1v) is 18.4. The second-order valence-corrected chi connectivity index (χ2v) is 14.4. The van der Waals surface area contributed by atoms with E-state index in [2.05, 4.69) is 193 Å². The normalized spacial score (nSPS) is 13.6. The molecule has 2 aliphatic rings. The van der Waals surface area contributed by atoms with Gasteiger partial charge < -0.3 is 9.30 Å². The Balaban J connectivity index is 1.20. The van der Waals surface area contributed by atoms with Crippen LogP contribution in [0.3, 0.4) is 0 Å². The molecule has 1 aliphatic heterocycles. The lowest BCUT2D eigenvalue weighted by atomic mass is 9.65. The molecule has 1 aliphatic carbocycles. The molecule has 12 rings (SSSR count). The Morgan fingerprint density at radius 3 is 1.74 bits per heavy atom. The predicted octanol–water partition coefficient (Wildman–Crippen LogP) is 13.2. The summed E-state index contributed by atoms with van der Waals surface area (Å²) in [5.74, 6) is 1.81. The highest BCUT2D eigenvalue weighted by Gasteiger charge is 2.51. The van der Waals surface area contributed by atoms with Gasteiger partial charge >= 0.3 is 0 Å². The van der Waals surface area contributed by atoms with Gasteiger partial charge in [0.2, 0.25) is 0 Å². The lowest BCUT2D eigenvalue weighted by molar-refractivity contribution is 0.436. The van der Waals surface area contributed by atoms with Gasteiger partial charge in [0, 0.05) is 38.4 Å². The summed E-state index contributed by atoms with van der Waals surface area (Å²) >= 11 is 0. The van der Waals surface area contributed by atoms with E-state index in [1.165, 1.54) is 87.9 Å². The largest absolute Gasteiger partial charge is 0.457 e. The number of hydrogen-bond donors (Lipinski definition) is 0. The molecule has 0 radical (unpaired) electrons. The van der Waals surface area contributed by atoms with E-state index < -0.39 is 5.41 Å². The number of fused-ring (bicyclic) bond motifs is 16. The highest BCUT2D eigenvalue weighted by molar-refractivity contribution is 6.26.